The number of anilines is 1. The number of para-hydroxylation sites is 1. The number of hydrazone groups is 1. The van der Waals surface area contributed by atoms with Crippen molar-refractivity contribution in [1.82, 2.24) is 9.97 Å². The predicted molar refractivity (Wildman–Crippen MR) is 85.6 cm³/mol. The molecule has 130 valence electrons. The van der Waals surface area contributed by atoms with Crippen LogP contribution in [-0.2, 0) is 0 Å². The second kappa shape index (κ2) is 7.95. The first-order valence-electron chi connectivity index (χ1n) is 7.05. The lowest BCUT2D eigenvalue weighted by Gasteiger charge is -2.23. The quantitative estimate of drug-likeness (QED) is 0.219. The zero-order valence-corrected chi connectivity index (χ0v) is 12.4. The van der Waals surface area contributed by atoms with Crippen molar-refractivity contribution in [2.24, 2.45) is 5.10 Å². The average Bonchev–Trinajstić information content (AvgIpc) is 2.59. The van der Waals surface area contributed by atoms with E-state index in [2.05, 4.69) is 20.5 Å². The number of rotatable bonds is 7. The summed E-state index contributed by atoms with van der Waals surface area (Å²) in [6.45, 7) is -0.775. The van der Waals surface area contributed by atoms with Gasteiger partial charge in [-0.25, -0.2) is 10.4 Å². The third-order valence-electron chi connectivity index (χ3n) is 3.29. The normalized spacial score (nSPS) is 16.9. The van der Waals surface area contributed by atoms with Crippen molar-refractivity contribution in [3.63, 3.8) is 0 Å². The van der Waals surface area contributed by atoms with Gasteiger partial charge in [0.1, 0.15) is 24.4 Å². The van der Waals surface area contributed by atoms with Crippen LogP contribution in [0.4, 0.5) is 5.95 Å². The number of H-pyrrole nitrogens is 1. The number of aromatic nitrogens is 2. The molecule has 0 aliphatic rings. The lowest BCUT2D eigenvalue weighted by molar-refractivity contribution is -0.0999. The van der Waals surface area contributed by atoms with Gasteiger partial charge < -0.3 is 25.5 Å². The molecule has 1 aromatic heterocycles. The highest BCUT2D eigenvalue weighted by Crippen LogP contribution is 2.08. The molecule has 1 heterocycles. The number of hydrogen-bond donors (Lipinski definition) is 7. The molecule has 0 spiro atoms. The van der Waals surface area contributed by atoms with E-state index in [1.165, 1.54) is 0 Å². The highest BCUT2D eigenvalue weighted by atomic mass is 16.4. The fourth-order valence-corrected chi connectivity index (χ4v) is 1.94. The maximum absolute atomic E-state index is 11.8. The fourth-order valence-electron chi connectivity index (χ4n) is 1.94. The van der Waals surface area contributed by atoms with E-state index in [9.17, 15) is 25.2 Å². The minimum atomic E-state index is -1.76. The highest BCUT2D eigenvalue weighted by Gasteiger charge is 2.29. The van der Waals surface area contributed by atoms with Crippen molar-refractivity contribution >= 4 is 23.1 Å². The van der Waals surface area contributed by atoms with E-state index in [1.807, 2.05) is 0 Å². The zero-order chi connectivity index (χ0) is 17.7. The summed E-state index contributed by atoms with van der Waals surface area (Å²) >= 11 is 0. The van der Waals surface area contributed by atoms with Crippen LogP contribution in [0.15, 0.2) is 34.2 Å². The molecule has 1 aromatic carbocycles. The molecule has 0 fully saturated rings. The van der Waals surface area contributed by atoms with Gasteiger partial charge in [-0.05, 0) is 12.1 Å². The molecule has 0 aliphatic heterocycles. The molecule has 0 saturated heterocycles. The second-order valence-electron chi connectivity index (χ2n) is 5.04. The summed E-state index contributed by atoms with van der Waals surface area (Å²) in [5.74, 6) is 0.0209. The number of benzene rings is 1. The number of nitrogens with one attached hydrogen (secondary N) is 2. The summed E-state index contributed by atoms with van der Waals surface area (Å²) in [6.07, 6.45) is -5.89. The summed E-state index contributed by atoms with van der Waals surface area (Å²) in [6, 6.07) is 6.68. The van der Waals surface area contributed by atoms with E-state index in [0.717, 1.165) is 6.21 Å². The van der Waals surface area contributed by atoms with E-state index in [4.69, 9.17) is 5.11 Å². The van der Waals surface area contributed by atoms with Crippen molar-refractivity contribution in [1.29, 1.82) is 0 Å². The van der Waals surface area contributed by atoms with Crippen molar-refractivity contribution < 1.29 is 25.5 Å². The van der Waals surface area contributed by atoms with Crippen molar-refractivity contribution in [2.45, 2.75) is 24.4 Å². The monoisotopic (exact) mass is 338 g/mol. The molecular weight excluding hydrogens is 320 g/mol. The summed E-state index contributed by atoms with van der Waals surface area (Å²) in [5, 5.41) is 50.6. The van der Waals surface area contributed by atoms with Gasteiger partial charge in [0.15, 0.2) is 0 Å². The molecule has 0 bridgehead atoms. The molecule has 10 heteroatoms. The first kappa shape index (κ1) is 18.0. The van der Waals surface area contributed by atoms with Crippen LogP contribution in [0.2, 0.25) is 0 Å². The van der Waals surface area contributed by atoms with Crippen molar-refractivity contribution in [3.05, 3.63) is 34.6 Å². The Balaban J connectivity index is 2.04. The van der Waals surface area contributed by atoms with Crippen LogP contribution in [0.3, 0.4) is 0 Å². The van der Waals surface area contributed by atoms with Gasteiger partial charge >= 0.3 is 0 Å². The molecule has 2 aromatic rings. The molecule has 0 aliphatic carbocycles. The summed E-state index contributed by atoms with van der Waals surface area (Å²) in [5.41, 5.74) is 2.45. The Kier molecular flexibility index (Phi) is 5.95. The standard InChI is InChI=1S/C14H18N4O6/c19-6-10(21)12(23)11(22)9(20)5-15-18-14-16-8-4-2-1-3-7(8)13(24)17-14/h1-5,9-12,19-23H,6H2,(H2,16,17,18,24)/b15-5-. The molecule has 7 N–H and O–H groups in total. The predicted octanol–water partition coefficient (Wildman–Crippen LogP) is -2.24. The van der Waals surface area contributed by atoms with E-state index in [0.29, 0.717) is 10.9 Å². The van der Waals surface area contributed by atoms with Crippen LogP contribution in [0.25, 0.3) is 10.9 Å². The topological polar surface area (TPSA) is 171 Å². The maximum Gasteiger partial charge on any atom is 0.260 e. The fraction of sp³-hybridized carbons (Fsp3) is 0.357. The largest absolute Gasteiger partial charge is 0.394 e. The minimum absolute atomic E-state index is 0.0209. The van der Waals surface area contributed by atoms with Gasteiger partial charge in [-0.3, -0.25) is 9.78 Å². The molecule has 4 atom stereocenters. The number of aromatic amines is 1. The Morgan fingerprint density at radius 2 is 1.92 bits per heavy atom. The average molecular weight is 338 g/mol. The van der Waals surface area contributed by atoms with E-state index < -0.39 is 31.0 Å². The number of hydrogen-bond acceptors (Lipinski definition) is 9. The second-order valence-corrected chi connectivity index (χ2v) is 5.04. The van der Waals surface area contributed by atoms with Gasteiger partial charge in [-0.15, -0.1) is 0 Å². The number of aliphatic hydroxyl groups is 5. The third kappa shape index (κ3) is 4.13. The number of fused-ring (bicyclic) bond motifs is 1. The van der Waals surface area contributed by atoms with Gasteiger partial charge in [0.2, 0.25) is 5.95 Å². The Hall–Kier alpha value is -2.37. The van der Waals surface area contributed by atoms with Gasteiger partial charge in [0.05, 0.1) is 23.7 Å². The Labute approximate surface area is 135 Å². The molecule has 24 heavy (non-hydrogen) atoms. The van der Waals surface area contributed by atoms with Crippen LogP contribution in [0.1, 0.15) is 0 Å². The lowest BCUT2D eigenvalue weighted by Crippen LogP contribution is -2.46. The van der Waals surface area contributed by atoms with E-state index >= 15 is 0 Å². The number of aliphatic hydroxyl groups excluding tert-OH is 5. The summed E-state index contributed by atoms with van der Waals surface area (Å²) in [7, 11) is 0. The lowest BCUT2D eigenvalue weighted by atomic mass is 10.0. The smallest absolute Gasteiger partial charge is 0.260 e. The molecule has 0 amide bonds. The Bertz CT molecular complexity index is 764. The van der Waals surface area contributed by atoms with E-state index in [1.54, 1.807) is 24.3 Å². The molecule has 2 rings (SSSR count). The molecule has 10 nitrogen and oxygen atoms in total. The van der Waals surface area contributed by atoms with Gasteiger partial charge in [0.25, 0.3) is 5.56 Å². The maximum atomic E-state index is 11.8. The van der Waals surface area contributed by atoms with Crippen LogP contribution in [0, 0.1) is 0 Å². The first-order valence-corrected chi connectivity index (χ1v) is 7.05. The Morgan fingerprint density at radius 1 is 1.21 bits per heavy atom. The van der Waals surface area contributed by atoms with Crippen LogP contribution in [0.5, 0.6) is 0 Å². The summed E-state index contributed by atoms with van der Waals surface area (Å²) < 4.78 is 0. The third-order valence-corrected chi connectivity index (χ3v) is 3.29. The van der Waals surface area contributed by atoms with Crippen LogP contribution >= 0.6 is 0 Å². The summed E-state index contributed by atoms with van der Waals surface area (Å²) in [4.78, 5) is 18.4. The Morgan fingerprint density at radius 3 is 2.62 bits per heavy atom. The minimum Gasteiger partial charge on any atom is -0.394 e. The first-order chi connectivity index (χ1) is 11.4. The molecule has 4 unspecified atom stereocenters. The molecule has 0 radical (unpaired) electrons. The number of nitrogens with zero attached hydrogens (tertiary/aromatic N) is 2. The molecular formula is C14H18N4O6. The van der Waals surface area contributed by atoms with Gasteiger partial charge in [-0.1, -0.05) is 12.1 Å². The molecule has 0 saturated carbocycles. The highest BCUT2D eigenvalue weighted by molar-refractivity contribution is 5.78. The van der Waals surface area contributed by atoms with Crippen LogP contribution < -0.4 is 11.0 Å². The van der Waals surface area contributed by atoms with Gasteiger partial charge in [0, 0.05) is 0 Å². The SMILES string of the molecule is O=c1[nH]c(N/N=C\C(O)C(O)C(O)C(O)CO)nc2ccccc12. The van der Waals surface area contributed by atoms with Gasteiger partial charge in [-0.2, -0.15) is 5.10 Å². The zero-order valence-electron chi connectivity index (χ0n) is 12.4. The van der Waals surface area contributed by atoms with Crippen LogP contribution in [-0.4, -0.2) is 72.7 Å². The van der Waals surface area contributed by atoms with Crippen molar-refractivity contribution in [2.75, 3.05) is 12.0 Å². The van der Waals surface area contributed by atoms with E-state index in [-0.39, 0.29) is 11.5 Å². The van der Waals surface area contributed by atoms with Crippen molar-refractivity contribution in [3.8, 4) is 0 Å².